The van der Waals surface area contributed by atoms with Gasteiger partial charge in [0.05, 0.1) is 11.3 Å². The highest BCUT2D eigenvalue weighted by Crippen LogP contribution is 2.44. The molecule has 0 radical (unpaired) electrons. The molecule has 0 spiro atoms. The highest BCUT2D eigenvalue weighted by Gasteiger charge is 2.42. The van der Waals surface area contributed by atoms with Crippen molar-refractivity contribution in [2.45, 2.75) is 32.4 Å². The van der Waals surface area contributed by atoms with E-state index in [-0.39, 0.29) is 11.8 Å². The Bertz CT molecular complexity index is 1590. The minimum absolute atomic E-state index is 0.241. The minimum atomic E-state index is -0.851. The van der Waals surface area contributed by atoms with Gasteiger partial charge >= 0.3 is 0 Å². The molecule has 5 rings (SSSR count). The van der Waals surface area contributed by atoms with Gasteiger partial charge in [-0.1, -0.05) is 109 Å². The summed E-state index contributed by atoms with van der Waals surface area (Å²) in [5.41, 5.74) is 4.53. The first-order valence-corrected chi connectivity index (χ1v) is 13.0. The summed E-state index contributed by atoms with van der Waals surface area (Å²) >= 11 is 0. The van der Waals surface area contributed by atoms with Crippen LogP contribution in [0.3, 0.4) is 0 Å². The number of hydrogen-bond donors (Lipinski definition) is 1. The van der Waals surface area contributed by atoms with Crippen LogP contribution in [0.2, 0.25) is 0 Å². The van der Waals surface area contributed by atoms with Gasteiger partial charge < -0.3 is 5.32 Å². The number of fused-ring (bicyclic) bond motifs is 1. The molecular formula is C35H30N2O2. The Morgan fingerprint density at radius 2 is 1.33 bits per heavy atom. The topological polar surface area (TPSA) is 49.4 Å². The molecule has 1 heterocycles. The number of amides is 2. The van der Waals surface area contributed by atoms with Crippen LogP contribution in [-0.4, -0.2) is 17.4 Å². The Labute approximate surface area is 230 Å². The van der Waals surface area contributed by atoms with E-state index in [1.807, 2.05) is 136 Å². The SMILES string of the molecule is CC(C)(C)NC(=O)C(c1ccccc1)N1C(=O)/C(=C(/C#Cc2ccccc2)c2ccccc2)c2ccccc21. The normalized spacial score (nSPS) is 14.6. The third-order valence-corrected chi connectivity index (χ3v) is 6.40. The fourth-order valence-electron chi connectivity index (χ4n) is 4.77. The van der Waals surface area contributed by atoms with E-state index in [1.54, 1.807) is 4.90 Å². The van der Waals surface area contributed by atoms with Crippen molar-refractivity contribution in [1.29, 1.82) is 0 Å². The summed E-state index contributed by atoms with van der Waals surface area (Å²) in [5.74, 6) is 6.06. The van der Waals surface area contributed by atoms with E-state index in [2.05, 4.69) is 17.2 Å². The predicted octanol–water partition coefficient (Wildman–Crippen LogP) is 6.65. The van der Waals surface area contributed by atoms with E-state index >= 15 is 0 Å². The van der Waals surface area contributed by atoms with Crippen LogP contribution in [0.25, 0.3) is 11.1 Å². The summed E-state index contributed by atoms with van der Waals surface area (Å²) in [6.45, 7) is 5.81. The van der Waals surface area contributed by atoms with E-state index in [0.717, 1.165) is 22.3 Å². The molecule has 39 heavy (non-hydrogen) atoms. The van der Waals surface area contributed by atoms with Crippen LogP contribution >= 0.6 is 0 Å². The number of rotatable bonds is 4. The summed E-state index contributed by atoms with van der Waals surface area (Å²) in [6, 6.07) is 35.7. The van der Waals surface area contributed by atoms with Crippen LogP contribution < -0.4 is 10.2 Å². The standard InChI is InChI=1S/C35H30N2O2/c1-35(2,3)36-33(38)32(27-19-11-6-12-20-27)37-30-22-14-13-21-29(30)31(34(37)39)28(26-17-9-5-10-18-26)24-23-25-15-7-4-8-16-25/h4-22,32H,1-3H3,(H,36,38)/b31-28-. The van der Waals surface area contributed by atoms with Gasteiger partial charge in [-0.05, 0) is 50.1 Å². The van der Waals surface area contributed by atoms with Crippen LogP contribution in [0, 0.1) is 11.8 Å². The number of allylic oxidation sites excluding steroid dienone is 1. The molecule has 1 unspecified atom stereocenters. The van der Waals surface area contributed by atoms with Crippen LogP contribution in [0.5, 0.6) is 0 Å². The quantitative estimate of drug-likeness (QED) is 0.247. The van der Waals surface area contributed by atoms with Crippen molar-refractivity contribution < 1.29 is 9.59 Å². The highest BCUT2D eigenvalue weighted by molar-refractivity contribution is 6.39. The lowest BCUT2D eigenvalue weighted by Gasteiger charge is -2.31. The summed E-state index contributed by atoms with van der Waals surface area (Å²) in [4.78, 5) is 29.9. The third kappa shape index (κ3) is 5.54. The summed E-state index contributed by atoms with van der Waals surface area (Å²) < 4.78 is 0. The second-order valence-electron chi connectivity index (χ2n) is 10.5. The van der Waals surface area contributed by atoms with Crippen molar-refractivity contribution in [1.82, 2.24) is 5.32 Å². The van der Waals surface area contributed by atoms with Gasteiger partial charge in [-0.2, -0.15) is 0 Å². The van der Waals surface area contributed by atoms with Crippen molar-refractivity contribution in [3.8, 4) is 11.8 Å². The van der Waals surface area contributed by atoms with Gasteiger partial charge in [0.2, 0.25) is 5.91 Å². The number of hydrogen-bond acceptors (Lipinski definition) is 2. The monoisotopic (exact) mass is 510 g/mol. The maximum absolute atomic E-state index is 14.5. The number of nitrogens with one attached hydrogen (secondary N) is 1. The molecule has 192 valence electrons. The number of carbonyl (C=O) groups is 2. The van der Waals surface area contributed by atoms with E-state index in [0.29, 0.717) is 16.8 Å². The molecule has 2 amide bonds. The zero-order chi connectivity index (χ0) is 27.4. The molecule has 0 bridgehead atoms. The lowest BCUT2D eigenvalue weighted by atomic mass is 9.95. The third-order valence-electron chi connectivity index (χ3n) is 6.40. The molecule has 0 saturated heterocycles. The van der Waals surface area contributed by atoms with Crippen LogP contribution in [0.1, 0.15) is 49.1 Å². The molecule has 0 saturated carbocycles. The lowest BCUT2D eigenvalue weighted by molar-refractivity contribution is -0.126. The molecule has 0 aromatic heterocycles. The molecule has 0 fully saturated rings. The van der Waals surface area contributed by atoms with Gasteiger partial charge in [0.1, 0.15) is 6.04 Å². The molecule has 0 aliphatic carbocycles. The van der Waals surface area contributed by atoms with Crippen molar-refractivity contribution in [3.05, 3.63) is 138 Å². The van der Waals surface area contributed by atoms with Crippen molar-refractivity contribution >= 4 is 28.6 Å². The summed E-state index contributed by atoms with van der Waals surface area (Å²) in [6.07, 6.45) is 0. The molecule has 1 atom stereocenters. The molecular weight excluding hydrogens is 480 g/mol. The lowest BCUT2D eigenvalue weighted by Crippen LogP contribution is -2.48. The van der Waals surface area contributed by atoms with E-state index < -0.39 is 11.6 Å². The largest absolute Gasteiger partial charge is 0.349 e. The van der Waals surface area contributed by atoms with E-state index in [1.165, 1.54) is 0 Å². The van der Waals surface area contributed by atoms with Crippen LogP contribution in [-0.2, 0) is 9.59 Å². The summed E-state index contributed by atoms with van der Waals surface area (Å²) in [7, 11) is 0. The number of anilines is 1. The fraction of sp³-hybridized carbons (Fsp3) is 0.143. The second-order valence-corrected chi connectivity index (χ2v) is 10.5. The minimum Gasteiger partial charge on any atom is -0.349 e. The van der Waals surface area contributed by atoms with Crippen molar-refractivity contribution in [3.63, 3.8) is 0 Å². The van der Waals surface area contributed by atoms with Crippen LogP contribution in [0.15, 0.2) is 115 Å². The molecule has 1 aliphatic heterocycles. The summed E-state index contributed by atoms with van der Waals surface area (Å²) in [5, 5.41) is 3.09. The van der Waals surface area contributed by atoms with Gasteiger partial charge in [-0.3, -0.25) is 14.5 Å². The van der Waals surface area contributed by atoms with Gasteiger partial charge in [-0.25, -0.2) is 0 Å². The Morgan fingerprint density at radius 3 is 1.97 bits per heavy atom. The number of carbonyl (C=O) groups excluding carboxylic acids is 2. The molecule has 4 aromatic rings. The Kier molecular flexibility index (Phi) is 7.17. The van der Waals surface area contributed by atoms with Crippen LogP contribution in [0.4, 0.5) is 5.69 Å². The van der Waals surface area contributed by atoms with Gasteiger partial charge in [0, 0.05) is 22.2 Å². The van der Waals surface area contributed by atoms with E-state index in [4.69, 9.17) is 0 Å². The van der Waals surface area contributed by atoms with Gasteiger partial charge in [0.15, 0.2) is 0 Å². The van der Waals surface area contributed by atoms with Gasteiger partial charge in [-0.15, -0.1) is 0 Å². The number of para-hydroxylation sites is 1. The first kappa shape index (κ1) is 25.8. The zero-order valence-electron chi connectivity index (χ0n) is 22.3. The predicted molar refractivity (Wildman–Crippen MR) is 158 cm³/mol. The number of benzene rings is 4. The zero-order valence-corrected chi connectivity index (χ0v) is 22.3. The number of nitrogens with zero attached hydrogens (tertiary/aromatic N) is 1. The Hall–Kier alpha value is -4.88. The van der Waals surface area contributed by atoms with E-state index in [9.17, 15) is 9.59 Å². The van der Waals surface area contributed by atoms with Gasteiger partial charge in [0.25, 0.3) is 5.91 Å². The smallest absolute Gasteiger partial charge is 0.261 e. The molecule has 4 nitrogen and oxygen atoms in total. The maximum atomic E-state index is 14.5. The Morgan fingerprint density at radius 1 is 0.769 bits per heavy atom. The molecule has 1 aliphatic rings. The highest BCUT2D eigenvalue weighted by atomic mass is 16.2. The van der Waals surface area contributed by atoms with Crippen molar-refractivity contribution in [2.75, 3.05) is 4.90 Å². The second kappa shape index (κ2) is 10.8. The first-order valence-electron chi connectivity index (χ1n) is 13.0. The average Bonchev–Trinajstić information content (AvgIpc) is 3.21. The molecule has 1 N–H and O–H groups in total. The first-order chi connectivity index (χ1) is 18.8. The van der Waals surface area contributed by atoms with Crippen molar-refractivity contribution in [2.24, 2.45) is 0 Å². The fourth-order valence-corrected chi connectivity index (χ4v) is 4.77. The average molecular weight is 511 g/mol. The molecule has 4 heteroatoms. The Balaban J connectivity index is 1.73. The molecule has 4 aromatic carbocycles. The maximum Gasteiger partial charge on any atom is 0.261 e.